The zero-order valence-corrected chi connectivity index (χ0v) is 9.46. The van der Waals surface area contributed by atoms with E-state index in [0.29, 0.717) is 0 Å². The van der Waals surface area contributed by atoms with Gasteiger partial charge in [0.05, 0.1) is 6.61 Å². The van der Waals surface area contributed by atoms with Crippen LogP contribution in [0.1, 0.15) is 10.4 Å². The second-order valence-corrected chi connectivity index (χ2v) is 3.55. The molecule has 0 aliphatic heterocycles. The van der Waals surface area contributed by atoms with E-state index in [1.54, 1.807) is 0 Å². The minimum absolute atomic E-state index is 0.320. The minimum atomic E-state index is -5.21. The normalized spacial score (nSPS) is 12.8. The lowest BCUT2D eigenvalue weighted by Crippen LogP contribution is -2.54. The lowest BCUT2D eigenvalue weighted by molar-refractivity contribution is -0.240. The van der Waals surface area contributed by atoms with Crippen molar-refractivity contribution in [2.75, 3.05) is 6.61 Å². The van der Waals surface area contributed by atoms with Crippen LogP contribution >= 0.6 is 0 Å². The molecule has 19 heavy (non-hydrogen) atoms. The second-order valence-electron chi connectivity index (χ2n) is 3.55. The van der Waals surface area contributed by atoms with Gasteiger partial charge in [-0.1, -0.05) is 18.2 Å². The van der Waals surface area contributed by atoms with Crippen molar-refractivity contribution in [1.29, 1.82) is 0 Å². The van der Waals surface area contributed by atoms with Crippen LogP contribution in [0.5, 0.6) is 0 Å². The number of halogens is 3. The lowest BCUT2D eigenvalue weighted by Gasteiger charge is -2.29. The molecule has 0 saturated heterocycles. The molecular formula is C11H10F3NO4. The Hall–Kier alpha value is -2.09. The van der Waals surface area contributed by atoms with E-state index in [0.717, 1.165) is 12.1 Å². The molecule has 1 atom stereocenters. The van der Waals surface area contributed by atoms with Crippen LogP contribution < -0.4 is 0 Å². The van der Waals surface area contributed by atoms with Crippen molar-refractivity contribution < 1.29 is 33.0 Å². The number of amides is 1. The average molecular weight is 277 g/mol. The largest absolute Gasteiger partial charge is 0.488 e. The van der Waals surface area contributed by atoms with Crippen LogP contribution in [-0.4, -0.2) is 45.9 Å². The molecule has 0 saturated carbocycles. The number of nitrogens with zero attached hydrogens (tertiary/aromatic N) is 1. The third-order valence-electron chi connectivity index (χ3n) is 2.28. The van der Waals surface area contributed by atoms with Gasteiger partial charge in [-0.25, -0.2) is 9.69 Å². The van der Waals surface area contributed by atoms with Crippen LogP contribution in [0.25, 0.3) is 0 Å². The molecule has 0 fully saturated rings. The van der Waals surface area contributed by atoms with Crippen molar-refractivity contribution in [3.05, 3.63) is 35.9 Å². The molecule has 1 unspecified atom stereocenters. The molecular weight excluding hydrogens is 267 g/mol. The van der Waals surface area contributed by atoms with Crippen molar-refractivity contribution in [2.45, 2.75) is 12.3 Å². The number of rotatable bonds is 4. The van der Waals surface area contributed by atoms with Gasteiger partial charge in [0.1, 0.15) is 0 Å². The molecule has 0 spiro atoms. The number of aliphatic hydroxyl groups is 1. The number of hydrogen-bond donors (Lipinski definition) is 2. The first-order valence-electron chi connectivity index (χ1n) is 5.08. The molecule has 1 rings (SSSR count). The minimum Gasteiger partial charge on any atom is -0.480 e. The highest BCUT2D eigenvalue weighted by atomic mass is 19.4. The van der Waals surface area contributed by atoms with Crippen LogP contribution in [0.4, 0.5) is 13.2 Å². The van der Waals surface area contributed by atoms with Gasteiger partial charge in [-0.2, -0.15) is 0 Å². The Kier molecular flexibility index (Phi) is 4.49. The summed E-state index contributed by atoms with van der Waals surface area (Å²) in [5.41, 5.74) is -0.320. The van der Waals surface area contributed by atoms with E-state index in [4.69, 9.17) is 10.2 Å². The molecule has 1 amide bonds. The standard InChI is InChI=1S/C11H10F3NO4/c12-11(13,14)15(8(6-16)10(18)19)9(17)7-4-2-1-3-5-7/h1-5,8,16H,6H2,(H,18,19). The quantitative estimate of drug-likeness (QED) is 0.808. The summed E-state index contributed by atoms with van der Waals surface area (Å²) in [6, 6.07) is 4.05. The van der Waals surface area contributed by atoms with Crippen molar-refractivity contribution in [3.8, 4) is 0 Å². The summed E-state index contributed by atoms with van der Waals surface area (Å²) in [6.45, 7) is -1.34. The first-order chi connectivity index (χ1) is 8.79. The fourth-order valence-electron chi connectivity index (χ4n) is 1.42. The number of aliphatic hydroxyl groups excluding tert-OH is 1. The molecule has 0 aromatic heterocycles. The predicted molar refractivity (Wildman–Crippen MR) is 57.2 cm³/mol. The molecule has 104 valence electrons. The molecule has 2 N–H and O–H groups in total. The van der Waals surface area contributed by atoms with Gasteiger partial charge in [-0.15, -0.1) is 13.2 Å². The lowest BCUT2D eigenvalue weighted by atomic mass is 10.1. The van der Waals surface area contributed by atoms with Crippen LogP contribution in [0.15, 0.2) is 30.3 Å². The van der Waals surface area contributed by atoms with Crippen molar-refractivity contribution in [1.82, 2.24) is 4.90 Å². The Bertz CT molecular complexity index is 461. The number of carbonyl (C=O) groups is 2. The van der Waals surface area contributed by atoms with Crippen LogP contribution in [0.3, 0.4) is 0 Å². The van der Waals surface area contributed by atoms with E-state index < -0.39 is 35.7 Å². The van der Waals surface area contributed by atoms with Crippen LogP contribution in [0, 0.1) is 0 Å². The van der Waals surface area contributed by atoms with Crippen molar-refractivity contribution in [3.63, 3.8) is 0 Å². The van der Waals surface area contributed by atoms with Gasteiger partial charge >= 0.3 is 12.3 Å². The Morgan fingerprint density at radius 3 is 2.11 bits per heavy atom. The maximum Gasteiger partial charge on any atom is 0.488 e. The summed E-state index contributed by atoms with van der Waals surface area (Å²) in [5.74, 6) is -3.47. The average Bonchev–Trinajstić information content (AvgIpc) is 2.34. The first-order valence-corrected chi connectivity index (χ1v) is 5.08. The monoisotopic (exact) mass is 277 g/mol. The van der Waals surface area contributed by atoms with E-state index in [1.165, 1.54) is 18.2 Å². The van der Waals surface area contributed by atoms with Crippen molar-refractivity contribution in [2.24, 2.45) is 0 Å². The molecule has 0 radical (unpaired) electrons. The van der Waals surface area contributed by atoms with E-state index in [2.05, 4.69) is 0 Å². The number of hydrogen-bond acceptors (Lipinski definition) is 3. The molecule has 0 heterocycles. The Labute approximate surface area is 105 Å². The van der Waals surface area contributed by atoms with E-state index in [1.807, 2.05) is 0 Å². The van der Waals surface area contributed by atoms with Gasteiger partial charge in [0.25, 0.3) is 5.91 Å². The Morgan fingerprint density at radius 2 is 1.74 bits per heavy atom. The summed E-state index contributed by atoms with van der Waals surface area (Å²) in [5, 5.41) is 17.4. The SMILES string of the molecule is O=C(O)C(CO)N(C(=O)c1ccccc1)C(F)(F)F. The van der Waals surface area contributed by atoms with E-state index >= 15 is 0 Å². The van der Waals surface area contributed by atoms with E-state index in [9.17, 15) is 22.8 Å². The van der Waals surface area contributed by atoms with E-state index in [-0.39, 0.29) is 5.56 Å². The van der Waals surface area contributed by atoms with Crippen LogP contribution in [0.2, 0.25) is 0 Å². The van der Waals surface area contributed by atoms with Gasteiger partial charge in [-0.3, -0.25) is 4.79 Å². The maximum absolute atomic E-state index is 12.8. The number of carboxylic acids is 1. The highest BCUT2D eigenvalue weighted by molar-refractivity contribution is 5.96. The van der Waals surface area contributed by atoms with Gasteiger partial charge in [0.2, 0.25) is 0 Å². The fraction of sp³-hybridized carbons (Fsp3) is 0.273. The topological polar surface area (TPSA) is 77.8 Å². The zero-order valence-electron chi connectivity index (χ0n) is 9.46. The third kappa shape index (κ3) is 3.44. The number of alkyl halides is 3. The second kappa shape index (κ2) is 5.70. The molecule has 0 bridgehead atoms. The molecule has 0 aliphatic rings. The zero-order chi connectivity index (χ0) is 14.6. The first kappa shape index (κ1) is 15.0. The molecule has 5 nitrogen and oxygen atoms in total. The van der Waals surface area contributed by atoms with Crippen molar-refractivity contribution >= 4 is 11.9 Å². The van der Waals surface area contributed by atoms with Gasteiger partial charge < -0.3 is 10.2 Å². The molecule has 1 aromatic rings. The van der Waals surface area contributed by atoms with Gasteiger partial charge in [0, 0.05) is 5.56 Å². The Balaban J connectivity index is 3.19. The smallest absolute Gasteiger partial charge is 0.480 e. The maximum atomic E-state index is 12.8. The molecule has 8 heteroatoms. The van der Waals surface area contributed by atoms with Gasteiger partial charge in [0.15, 0.2) is 6.04 Å². The molecule has 1 aromatic carbocycles. The molecule has 0 aliphatic carbocycles. The fourth-order valence-corrected chi connectivity index (χ4v) is 1.42. The number of aliphatic carboxylic acids is 1. The summed E-state index contributed by atoms with van der Waals surface area (Å²) in [7, 11) is 0. The van der Waals surface area contributed by atoms with Crippen LogP contribution in [-0.2, 0) is 4.79 Å². The number of carbonyl (C=O) groups excluding carboxylic acids is 1. The third-order valence-corrected chi connectivity index (χ3v) is 2.28. The predicted octanol–water partition coefficient (Wildman–Crippen LogP) is 1.09. The summed E-state index contributed by atoms with van der Waals surface area (Å²) in [4.78, 5) is 21.6. The number of carboxylic acid groups (broad SMARTS) is 1. The highest BCUT2D eigenvalue weighted by Crippen LogP contribution is 2.26. The highest BCUT2D eigenvalue weighted by Gasteiger charge is 2.48. The summed E-state index contributed by atoms with van der Waals surface area (Å²) < 4.78 is 38.4. The van der Waals surface area contributed by atoms with Gasteiger partial charge in [-0.05, 0) is 12.1 Å². The summed E-state index contributed by atoms with van der Waals surface area (Å²) in [6.07, 6.45) is -5.21. The number of benzene rings is 1. The summed E-state index contributed by atoms with van der Waals surface area (Å²) >= 11 is 0. The Morgan fingerprint density at radius 1 is 1.21 bits per heavy atom.